The first-order valence-corrected chi connectivity index (χ1v) is 6.27. The summed E-state index contributed by atoms with van der Waals surface area (Å²) < 4.78 is 9.95. The van der Waals surface area contributed by atoms with E-state index >= 15 is 0 Å². The van der Waals surface area contributed by atoms with Gasteiger partial charge in [0.15, 0.2) is 0 Å². The molecule has 5 heteroatoms. The molecule has 0 aromatic rings. The number of hydrogen-bond donors (Lipinski definition) is 1. The third kappa shape index (κ3) is 11.2. The van der Waals surface area contributed by atoms with Crippen LogP contribution in [0, 0.1) is 11.3 Å². The lowest BCUT2D eigenvalue weighted by molar-refractivity contribution is -0.144. The lowest BCUT2D eigenvalue weighted by Crippen LogP contribution is -2.30. The van der Waals surface area contributed by atoms with E-state index < -0.39 is 6.09 Å². The number of hydrogen-bond acceptors (Lipinski definition) is 4. The van der Waals surface area contributed by atoms with Crippen molar-refractivity contribution in [1.29, 1.82) is 0 Å². The first kappa shape index (κ1) is 16.7. The second-order valence-electron chi connectivity index (χ2n) is 5.89. The van der Waals surface area contributed by atoms with Gasteiger partial charge < -0.3 is 14.8 Å². The van der Waals surface area contributed by atoms with Crippen LogP contribution in [0.1, 0.15) is 41.0 Å². The predicted molar refractivity (Wildman–Crippen MR) is 69.2 cm³/mol. The molecule has 0 aliphatic heterocycles. The van der Waals surface area contributed by atoms with Crippen molar-refractivity contribution in [3.63, 3.8) is 0 Å². The molecule has 106 valence electrons. The number of carbonyl (C=O) groups excluding carboxylic acids is 2. The molecule has 18 heavy (non-hydrogen) atoms. The Bertz CT molecular complexity index is 269. The van der Waals surface area contributed by atoms with Crippen molar-refractivity contribution in [1.82, 2.24) is 5.32 Å². The van der Waals surface area contributed by atoms with Crippen LogP contribution in [-0.2, 0) is 14.3 Å². The van der Waals surface area contributed by atoms with Gasteiger partial charge >= 0.3 is 12.1 Å². The molecular formula is C13H25NO4. The molecule has 0 aliphatic carbocycles. The largest absolute Gasteiger partial charge is 0.465 e. The maximum absolute atomic E-state index is 11.3. The minimum Gasteiger partial charge on any atom is -0.465 e. The van der Waals surface area contributed by atoms with Gasteiger partial charge in [-0.25, -0.2) is 4.79 Å². The third-order valence-electron chi connectivity index (χ3n) is 1.81. The fourth-order valence-corrected chi connectivity index (χ4v) is 0.931. The third-order valence-corrected chi connectivity index (χ3v) is 1.81. The first-order chi connectivity index (χ1) is 8.20. The Morgan fingerprint density at radius 1 is 1.17 bits per heavy atom. The maximum Gasteiger partial charge on any atom is 0.407 e. The summed E-state index contributed by atoms with van der Waals surface area (Å²) >= 11 is 0. The fraction of sp³-hybridized carbons (Fsp3) is 0.846. The SMILES string of the molecule is CC(C)COC(=O)CCNC(=O)OCC(C)(C)C. The van der Waals surface area contributed by atoms with E-state index in [1.165, 1.54) is 0 Å². The Morgan fingerprint density at radius 3 is 2.28 bits per heavy atom. The molecule has 1 amide bonds. The highest BCUT2D eigenvalue weighted by atomic mass is 16.5. The monoisotopic (exact) mass is 259 g/mol. The van der Waals surface area contributed by atoms with E-state index in [2.05, 4.69) is 5.32 Å². The van der Waals surface area contributed by atoms with Crippen molar-refractivity contribution in [3.05, 3.63) is 0 Å². The van der Waals surface area contributed by atoms with E-state index in [0.29, 0.717) is 19.1 Å². The average Bonchev–Trinajstić information content (AvgIpc) is 2.22. The van der Waals surface area contributed by atoms with E-state index in [1.807, 2.05) is 34.6 Å². The summed E-state index contributed by atoms with van der Waals surface area (Å²) in [5.74, 6) is 0.0125. The molecule has 0 aliphatic rings. The molecule has 5 nitrogen and oxygen atoms in total. The number of alkyl carbamates (subject to hydrolysis) is 1. The fourth-order valence-electron chi connectivity index (χ4n) is 0.931. The summed E-state index contributed by atoms with van der Waals surface area (Å²) in [6.45, 7) is 10.9. The zero-order valence-electron chi connectivity index (χ0n) is 12.0. The van der Waals surface area contributed by atoms with Gasteiger partial charge in [0.05, 0.1) is 19.6 Å². The number of esters is 1. The summed E-state index contributed by atoms with van der Waals surface area (Å²) in [7, 11) is 0. The quantitative estimate of drug-likeness (QED) is 0.744. The van der Waals surface area contributed by atoms with Crippen LogP contribution in [0.4, 0.5) is 4.79 Å². The minimum absolute atomic E-state index is 0.0620. The topological polar surface area (TPSA) is 64.6 Å². The van der Waals surface area contributed by atoms with Crippen LogP contribution in [0.15, 0.2) is 0 Å². The molecule has 0 heterocycles. The molecule has 0 aromatic carbocycles. The van der Waals surface area contributed by atoms with E-state index in [4.69, 9.17) is 9.47 Å². The van der Waals surface area contributed by atoms with E-state index in [1.54, 1.807) is 0 Å². The summed E-state index contributed by atoms with van der Waals surface area (Å²) in [5, 5.41) is 2.51. The standard InChI is InChI=1S/C13H25NO4/c1-10(2)8-17-11(15)6-7-14-12(16)18-9-13(3,4)5/h10H,6-9H2,1-5H3,(H,14,16). The second kappa shape index (κ2) is 7.95. The molecule has 0 saturated carbocycles. The molecule has 0 radical (unpaired) electrons. The zero-order valence-corrected chi connectivity index (χ0v) is 12.0. The van der Waals surface area contributed by atoms with Gasteiger partial charge in [0, 0.05) is 6.54 Å². The van der Waals surface area contributed by atoms with Gasteiger partial charge in [0.2, 0.25) is 0 Å². The summed E-state index contributed by atoms with van der Waals surface area (Å²) in [4.78, 5) is 22.5. The van der Waals surface area contributed by atoms with Gasteiger partial charge in [0.1, 0.15) is 0 Å². The van der Waals surface area contributed by atoms with Gasteiger partial charge in [-0.15, -0.1) is 0 Å². The van der Waals surface area contributed by atoms with Crippen molar-refractivity contribution in [2.75, 3.05) is 19.8 Å². The highest BCUT2D eigenvalue weighted by Gasteiger charge is 2.13. The van der Waals surface area contributed by atoms with Crippen molar-refractivity contribution in [3.8, 4) is 0 Å². The molecule has 0 unspecified atom stereocenters. The van der Waals surface area contributed by atoms with Crippen LogP contribution < -0.4 is 5.32 Å². The Kier molecular flexibility index (Phi) is 7.39. The summed E-state index contributed by atoms with van der Waals surface area (Å²) in [6.07, 6.45) is -0.335. The Labute approximate surface area is 109 Å². The van der Waals surface area contributed by atoms with Crippen LogP contribution in [0.5, 0.6) is 0 Å². The Balaban J connectivity index is 3.59. The average molecular weight is 259 g/mol. The minimum atomic E-state index is -0.499. The van der Waals surface area contributed by atoms with Crippen LogP contribution >= 0.6 is 0 Å². The number of nitrogens with one attached hydrogen (secondary N) is 1. The molecular weight excluding hydrogens is 234 g/mol. The van der Waals surface area contributed by atoms with Gasteiger partial charge in [-0.2, -0.15) is 0 Å². The number of ether oxygens (including phenoxy) is 2. The molecule has 0 bridgehead atoms. The molecule has 0 rings (SSSR count). The lowest BCUT2D eigenvalue weighted by atomic mass is 9.99. The van der Waals surface area contributed by atoms with Crippen LogP contribution in [0.2, 0.25) is 0 Å². The van der Waals surface area contributed by atoms with Crippen molar-refractivity contribution in [2.24, 2.45) is 11.3 Å². The first-order valence-electron chi connectivity index (χ1n) is 6.27. The maximum atomic E-state index is 11.3. The number of carbonyl (C=O) groups is 2. The van der Waals surface area contributed by atoms with E-state index in [0.717, 1.165) is 0 Å². The van der Waals surface area contributed by atoms with Crippen molar-refractivity contribution < 1.29 is 19.1 Å². The molecule has 0 spiro atoms. The highest BCUT2D eigenvalue weighted by Crippen LogP contribution is 2.12. The predicted octanol–water partition coefficient (Wildman–Crippen LogP) is 2.35. The van der Waals surface area contributed by atoms with Gasteiger partial charge in [-0.1, -0.05) is 34.6 Å². The molecule has 0 saturated heterocycles. The summed E-state index contributed by atoms with van der Waals surface area (Å²) in [5.41, 5.74) is -0.0620. The van der Waals surface area contributed by atoms with Crippen molar-refractivity contribution >= 4 is 12.1 Å². The molecule has 1 N–H and O–H groups in total. The second-order valence-corrected chi connectivity index (χ2v) is 5.89. The van der Waals surface area contributed by atoms with Gasteiger partial charge in [-0.05, 0) is 11.3 Å². The molecule has 0 aromatic heterocycles. The van der Waals surface area contributed by atoms with Gasteiger partial charge in [-0.3, -0.25) is 4.79 Å². The zero-order chi connectivity index (χ0) is 14.2. The van der Waals surface area contributed by atoms with E-state index in [-0.39, 0.29) is 24.3 Å². The van der Waals surface area contributed by atoms with Crippen LogP contribution in [-0.4, -0.2) is 31.8 Å². The number of amides is 1. The van der Waals surface area contributed by atoms with E-state index in [9.17, 15) is 9.59 Å². The van der Waals surface area contributed by atoms with Crippen LogP contribution in [0.25, 0.3) is 0 Å². The normalized spacial score (nSPS) is 11.2. The summed E-state index contributed by atoms with van der Waals surface area (Å²) in [6, 6.07) is 0. The molecule has 0 fully saturated rings. The highest BCUT2D eigenvalue weighted by molar-refractivity contribution is 5.71. The van der Waals surface area contributed by atoms with Crippen molar-refractivity contribution in [2.45, 2.75) is 41.0 Å². The lowest BCUT2D eigenvalue weighted by Gasteiger charge is -2.17. The van der Waals surface area contributed by atoms with Gasteiger partial charge in [0.25, 0.3) is 0 Å². The van der Waals surface area contributed by atoms with Crippen LogP contribution in [0.3, 0.4) is 0 Å². The Hall–Kier alpha value is -1.26. The number of rotatable bonds is 6. The molecule has 0 atom stereocenters. The smallest absolute Gasteiger partial charge is 0.407 e. The Morgan fingerprint density at radius 2 is 1.78 bits per heavy atom.